The van der Waals surface area contributed by atoms with Crippen LogP contribution >= 0.6 is 0 Å². The highest BCUT2D eigenvalue weighted by Crippen LogP contribution is 2.68. The van der Waals surface area contributed by atoms with Gasteiger partial charge in [-0.2, -0.15) is 5.10 Å². The van der Waals surface area contributed by atoms with E-state index in [0.29, 0.717) is 29.1 Å². The minimum Gasteiger partial charge on any atom is -0.481 e. The lowest BCUT2D eigenvalue weighted by Gasteiger charge is -2.61. The van der Waals surface area contributed by atoms with Gasteiger partial charge >= 0.3 is 5.97 Å². The summed E-state index contributed by atoms with van der Waals surface area (Å²) in [4.78, 5) is 11.1. The largest absolute Gasteiger partial charge is 0.481 e. The molecule has 4 saturated carbocycles. The van der Waals surface area contributed by atoms with Crippen LogP contribution in [0.1, 0.15) is 85.0 Å². The number of hydrogen-bond donors (Lipinski definition) is 1. The summed E-state index contributed by atoms with van der Waals surface area (Å²) in [6.07, 6.45) is 12.1. The first-order valence-corrected chi connectivity index (χ1v) is 12.7. The molecule has 168 valence electrons. The number of carboxylic acid groups (broad SMARTS) is 1. The molecule has 4 nitrogen and oxygen atoms in total. The first-order valence-electron chi connectivity index (χ1n) is 12.7. The lowest BCUT2D eigenvalue weighted by atomic mass is 9.43. The van der Waals surface area contributed by atoms with Crippen LogP contribution in [-0.2, 0) is 4.79 Å². The SMILES string of the molecule is CC(CCC(=O)O)[C@H]1CCC2C3CCC4CC5=NN(C)CC5CC4(C)C3CCC21C. The lowest BCUT2D eigenvalue weighted by Crippen LogP contribution is -2.55. The van der Waals surface area contributed by atoms with Crippen molar-refractivity contribution in [3.63, 3.8) is 0 Å². The molecule has 0 bridgehead atoms. The molecule has 5 aliphatic rings. The molecule has 4 aliphatic carbocycles. The summed E-state index contributed by atoms with van der Waals surface area (Å²) in [5.74, 6) is 4.85. The predicted molar refractivity (Wildman–Crippen MR) is 120 cm³/mol. The summed E-state index contributed by atoms with van der Waals surface area (Å²) < 4.78 is 0. The van der Waals surface area contributed by atoms with Gasteiger partial charge in [0.05, 0.1) is 0 Å². The zero-order valence-electron chi connectivity index (χ0n) is 19.6. The third-order valence-corrected chi connectivity index (χ3v) is 11.0. The summed E-state index contributed by atoms with van der Waals surface area (Å²) in [5, 5.41) is 16.2. The van der Waals surface area contributed by atoms with Gasteiger partial charge in [-0.15, -0.1) is 0 Å². The number of nitrogens with zero attached hydrogens (tertiary/aromatic N) is 2. The standard InChI is InChI=1S/C26H42N2O2/c1-16(5-10-24(29)30)20-8-9-21-19-7-6-18-13-23-17(15-28(4)27-23)14-26(18,3)22(19)11-12-25(20,21)2/h16-22H,5-15H2,1-4H3,(H,29,30)/t16?,17?,18?,19?,20-,21?,22?,25?,26?/m1/s1. The molecule has 0 aromatic rings. The molecule has 30 heavy (non-hydrogen) atoms. The highest BCUT2D eigenvalue weighted by Gasteiger charge is 2.61. The van der Waals surface area contributed by atoms with E-state index in [9.17, 15) is 4.79 Å². The van der Waals surface area contributed by atoms with E-state index in [0.717, 1.165) is 42.6 Å². The third kappa shape index (κ3) is 3.06. The second-order valence-corrected chi connectivity index (χ2v) is 12.3. The van der Waals surface area contributed by atoms with Crippen molar-refractivity contribution in [2.75, 3.05) is 13.6 Å². The van der Waals surface area contributed by atoms with Crippen LogP contribution in [0, 0.1) is 52.3 Å². The average Bonchev–Trinajstić information content (AvgIpc) is 3.21. The van der Waals surface area contributed by atoms with Crippen molar-refractivity contribution >= 4 is 11.7 Å². The fourth-order valence-electron chi connectivity index (χ4n) is 9.66. The fourth-order valence-corrected chi connectivity index (χ4v) is 9.66. The number of aliphatic carboxylic acids is 1. The lowest BCUT2D eigenvalue weighted by molar-refractivity contribution is -0.137. The van der Waals surface area contributed by atoms with Gasteiger partial charge in [0.25, 0.3) is 0 Å². The molecule has 0 saturated heterocycles. The minimum absolute atomic E-state index is 0.337. The molecule has 9 atom stereocenters. The minimum atomic E-state index is -0.630. The van der Waals surface area contributed by atoms with Gasteiger partial charge in [-0.25, -0.2) is 0 Å². The molecule has 0 amide bonds. The summed E-state index contributed by atoms with van der Waals surface area (Å²) >= 11 is 0. The quantitative estimate of drug-likeness (QED) is 0.644. The Labute approximate surface area is 182 Å². The zero-order valence-corrected chi connectivity index (χ0v) is 19.6. The monoisotopic (exact) mass is 414 g/mol. The maximum atomic E-state index is 11.1. The second-order valence-electron chi connectivity index (χ2n) is 12.3. The summed E-state index contributed by atoms with van der Waals surface area (Å²) in [6, 6.07) is 0. The molecule has 1 N–H and O–H groups in total. The summed E-state index contributed by atoms with van der Waals surface area (Å²) in [5.41, 5.74) is 2.45. The van der Waals surface area contributed by atoms with Crippen molar-refractivity contribution in [1.29, 1.82) is 0 Å². The average molecular weight is 415 g/mol. The van der Waals surface area contributed by atoms with Gasteiger partial charge in [-0.05, 0) is 104 Å². The second kappa shape index (κ2) is 7.24. The number of hydrazone groups is 1. The van der Waals surface area contributed by atoms with Crippen molar-refractivity contribution in [3.05, 3.63) is 0 Å². The third-order valence-electron chi connectivity index (χ3n) is 11.0. The maximum absolute atomic E-state index is 11.1. The van der Waals surface area contributed by atoms with Crippen molar-refractivity contribution in [2.45, 2.75) is 85.0 Å². The van der Waals surface area contributed by atoms with Crippen LogP contribution in [0.25, 0.3) is 0 Å². The Balaban J connectivity index is 1.35. The molecule has 0 spiro atoms. The van der Waals surface area contributed by atoms with Crippen molar-refractivity contribution in [3.8, 4) is 0 Å². The van der Waals surface area contributed by atoms with E-state index in [2.05, 4.69) is 32.8 Å². The van der Waals surface area contributed by atoms with E-state index in [4.69, 9.17) is 10.2 Å². The Morgan fingerprint density at radius 3 is 2.70 bits per heavy atom. The Bertz CT molecular complexity index is 735. The Hall–Kier alpha value is -1.06. The van der Waals surface area contributed by atoms with E-state index >= 15 is 0 Å². The van der Waals surface area contributed by atoms with Crippen LogP contribution in [0.3, 0.4) is 0 Å². The van der Waals surface area contributed by atoms with E-state index in [1.54, 1.807) is 0 Å². The number of rotatable bonds is 4. The van der Waals surface area contributed by atoms with Crippen molar-refractivity contribution < 1.29 is 9.90 Å². The Morgan fingerprint density at radius 1 is 1.17 bits per heavy atom. The highest BCUT2D eigenvalue weighted by atomic mass is 16.4. The zero-order chi connectivity index (χ0) is 21.3. The van der Waals surface area contributed by atoms with Crippen LogP contribution < -0.4 is 0 Å². The van der Waals surface area contributed by atoms with Crippen molar-refractivity contribution in [1.82, 2.24) is 5.01 Å². The molecule has 4 fully saturated rings. The van der Waals surface area contributed by atoms with Gasteiger partial charge in [0.2, 0.25) is 0 Å². The number of fused-ring (bicyclic) bond motifs is 6. The van der Waals surface area contributed by atoms with Crippen LogP contribution in [0.5, 0.6) is 0 Å². The normalized spacial score (nSPS) is 48.3. The van der Waals surface area contributed by atoms with E-state index < -0.39 is 5.97 Å². The first-order chi connectivity index (χ1) is 14.2. The van der Waals surface area contributed by atoms with Gasteiger partial charge < -0.3 is 5.11 Å². The van der Waals surface area contributed by atoms with Gasteiger partial charge in [-0.3, -0.25) is 9.80 Å². The van der Waals surface area contributed by atoms with Gasteiger partial charge in [-0.1, -0.05) is 20.8 Å². The molecule has 1 heterocycles. The molecule has 5 rings (SSSR count). The van der Waals surface area contributed by atoms with E-state index in [1.807, 2.05) is 0 Å². The predicted octanol–water partition coefficient (Wildman–Crippen LogP) is 5.67. The van der Waals surface area contributed by atoms with E-state index in [1.165, 1.54) is 57.1 Å². The van der Waals surface area contributed by atoms with Crippen LogP contribution in [0.15, 0.2) is 5.10 Å². The molecule has 8 unspecified atom stereocenters. The fraction of sp³-hybridized carbons (Fsp3) is 0.923. The molecular formula is C26H42N2O2. The molecule has 0 aromatic heterocycles. The van der Waals surface area contributed by atoms with Crippen molar-refractivity contribution in [2.24, 2.45) is 57.4 Å². The van der Waals surface area contributed by atoms with Crippen LogP contribution in [-0.4, -0.2) is 35.4 Å². The molecule has 0 aromatic carbocycles. The summed E-state index contributed by atoms with van der Waals surface area (Å²) in [7, 11) is 2.15. The maximum Gasteiger partial charge on any atom is 0.303 e. The number of carboxylic acids is 1. The highest BCUT2D eigenvalue weighted by molar-refractivity contribution is 5.89. The van der Waals surface area contributed by atoms with Gasteiger partial charge in [0, 0.05) is 31.6 Å². The smallest absolute Gasteiger partial charge is 0.303 e. The number of carbonyl (C=O) groups is 1. The molecular weight excluding hydrogens is 372 g/mol. The van der Waals surface area contributed by atoms with Gasteiger partial charge in [0.1, 0.15) is 0 Å². The molecule has 4 heteroatoms. The Kier molecular flexibility index (Phi) is 5.02. The Morgan fingerprint density at radius 2 is 1.93 bits per heavy atom. The number of hydrogen-bond acceptors (Lipinski definition) is 3. The van der Waals surface area contributed by atoms with E-state index in [-0.39, 0.29) is 0 Å². The molecule has 0 radical (unpaired) electrons. The van der Waals surface area contributed by atoms with Crippen LogP contribution in [0.4, 0.5) is 0 Å². The van der Waals surface area contributed by atoms with Gasteiger partial charge in [0.15, 0.2) is 0 Å². The topological polar surface area (TPSA) is 52.9 Å². The van der Waals surface area contributed by atoms with Crippen LogP contribution in [0.2, 0.25) is 0 Å². The first kappa shape index (κ1) is 20.8. The summed E-state index contributed by atoms with van der Waals surface area (Å²) in [6.45, 7) is 8.73. The molecule has 1 aliphatic heterocycles.